The fourth-order valence-corrected chi connectivity index (χ4v) is 4.03. The van der Waals surface area contributed by atoms with Crippen molar-refractivity contribution in [1.82, 2.24) is 4.90 Å². The molecular weight excluding hydrogens is 384 g/mol. The predicted molar refractivity (Wildman–Crippen MR) is 120 cm³/mol. The zero-order valence-corrected chi connectivity index (χ0v) is 17.2. The van der Waals surface area contributed by atoms with Gasteiger partial charge in [0.15, 0.2) is 0 Å². The van der Waals surface area contributed by atoms with Crippen LogP contribution in [0.4, 0.5) is 5.69 Å². The lowest BCUT2D eigenvalue weighted by molar-refractivity contribution is 0.0605. The van der Waals surface area contributed by atoms with Crippen molar-refractivity contribution >= 4 is 28.1 Å². The summed E-state index contributed by atoms with van der Waals surface area (Å²) in [5, 5.41) is 17.3. The topological polar surface area (TPSA) is 44.7 Å². The number of ether oxygens (including phenoxy) is 1. The van der Waals surface area contributed by atoms with E-state index >= 15 is 0 Å². The molecule has 1 atom stereocenters. The summed E-state index contributed by atoms with van der Waals surface area (Å²) in [6.45, 7) is 2.87. The molecule has 0 saturated carbocycles. The van der Waals surface area contributed by atoms with Crippen LogP contribution in [0.1, 0.15) is 12.8 Å². The number of hydrogen-bond acceptors (Lipinski definition) is 4. The van der Waals surface area contributed by atoms with Crippen LogP contribution < -0.4 is 10.1 Å². The van der Waals surface area contributed by atoms with E-state index in [4.69, 9.17) is 16.3 Å². The van der Waals surface area contributed by atoms with Crippen LogP contribution in [0, 0.1) is 0 Å². The van der Waals surface area contributed by atoms with Crippen LogP contribution in [-0.4, -0.2) is 48.4 Å². The maximum Gasteiger partial charge on any atom is 0.119 e. The van der Waals surface area contributed by atoms with Crippen molar-refractivity contribution in [2.45, 2.75) is 25.0 Å². The molecule has 0 aromatic heterocycles. The number of halogens is 1. The molecule has 0 unspecified atom stereocenters. The SMILES string of the molecule is O[C@H](COc1ccc(Cl)cc1)CN1CCC(Nc2cccc3ccccc23)CC1. The van der Waals surface area contributed by atoms with Crippen molar-refractivity contribution in [2.75, 3.05) is 31.6 Å². The quantitative estimate of drug-likeness (QED) is 0.586. The second-order valence-corrected chi connectivity index (χ2v) is 8.10. The van der Waals surface area contributed by atoms with E-state index in [9.17, 15) is 5.11 Å². The fourth-order valence-electron chi connectivity index (χ4n) is 3.91. The van der Waals surface area contributed by atoms with Gasteiger partial charge in [0.1, 0.15) is 18.5 Å². The Kier molecular flexibility index (Phi) is 6.55. The summed E-state index contributed by atoms with van der Waals surface area (Å²) in [6, 6.07) is 22.6. The third kappa shape index (κ3) is 5.41. The molecule has 5 heteroatoms. The molecule has 0 bridgehead atoms. The van der Waals surface area contributed by atoms with E-state index in [0.29, 0.717) is 17.6 Å². The van der Waals surface area contributed by atoms with E-state index in [0.717, 1.165) is 31.7 Å². The summed E-state index contributed by atoms with van der Waals surface area (Å²) in [5.41, 5.74) is 1.21. The minimum absolute atomic E-state index is 0.288. The number of hydrogen-bond donors (Lipinski definition) is 2. The first-order valence-electron chi connectivity index (χ1n) is 10.2. The molecule has 2 N–H and O–H groups in total. The molecule has 0 aliphatic carbocycles. The second-order valence-electron chi connectivity index (χ2n) is 7.66. The van der Waals surface area contributed by atoms with Gasteiger partial charge in [-0.1, -0.05) is 48.0 Å². The number of rotatable bonds is 7. The number of anilines is 1. The summed E-state index contributed by atoms with van der Waals surface area (Å²) in [7, 11) is 0. The van der Waals surface area contributed by atoms with Gasteiger partial charge in [-0.2, -0.15) is 0 Å². The molecule has 152 valence electrons. The van der Waals surface area contributed by atoms with Crippen molar-refractivity contribution in [3.8, 4) is 5.75 Å². The molecule has 1 fully saturated rings. The Morgan fingerprint density at radius 3 is 2.52 bits per heavy atom. The number of likely N-dealkylation sites (tertiary alicyclic amines) is 1. The highest BCUT2D eigenvalue weighted by atomic mass is 35.5. The number of nitrogens with zero attached hydrogens (tertiary/aromatic N) is 1. The smallest absolute Gasteiger partial charge is 0.119 e. The van der Waals surface area contributed by atoms with Crippen molar-refractivity contribution in [3.05, 3.63) is 71.8 Å². The predicted octanol–water partition coefficient (Wildman–Crippen LogP) is 4.81. The third-order valence-corrected chi connectivity index (χ3v) is 5.71. The highest BCUT2D eigenvalue weighted by Gasteiger charge is 2.21. The number of fused-ring (bicyclic) bond motifs is 1. The molecule has 0 radical (unpaired) electrons. The van der Waals surface area contributed by atoms with Crippen LogP contribution in [0.25, 0.3) is 10.8 Å². The third-order valence-electron chi connectivity index (χ3n) is 5.46. The highest BCUT2D eigenvalue weighted by Crippen LogP contribution is 2.25. The molecular formula is C24H27ClN2O2. The number of aliphatic hydroxyl groups excluding tert-OH is 1. The van der Waals surface area contributed by atoms with Crippen molar-refractivity contribution in [1.29, 1.82) is 0 Å². The van der Waals surface area contributed by atoms with Gasteiger partial charge >= 0.3 is 0 Å². The molecule has 1 saturated heterocycles. The summed E-state index contributed by atoms with van der Waals surface area (Å²) >= 11 is 5.88. The van der Waals surface area contributed by atoms with Gasteiger partial charge in [-0.15, -0.1) is 0 Å². The van der Waals surface area contributed by atoms with Crippen molar-refractivity contribution < 1.29 is 9.84 Å². The number of nitrogens with one attached hydrogen (secondary N) is 1. The number of β-amino-alcohol motifs (C(OH)–C–C–N with tert-alkyl or cyclic N) is 1. The molecule has 1 aliphatic heterocycles. The highest BCUT2D eigenvalue weighted by molar-refractivity contribution is 6.30. The van der Waals surface area contributed by atoms with Gasteiger partial charge in [-0.05, 0) is 48.6 Å². The average Bonchev–Trinajstić information content (AvgIpc) is 2.75. The number of aliphatic hydroxyl groups is 1. The molecule has 1 heterocycles. The summed E-state index contributed by atoms with van der Waals surface area (Å²) in [4.78, 5) is 2.32. The molecule has 29 heavy (non-hydrogen) atoms. The lowest BCUT2D eigenvalue weighted by Gasteiger charge is -2.34. The second kappa shape index (κ2) is 9.49. The van der Waals surface area contributed by atoms with E-state index in [1.54, 1.807) is 12.1 Å². The van der Waals surface area contributed by atoms with E-state index in [1.165, 1.54) is 16.5 Å². The van der Waals surface area contributed by atoms with Crippen LogP contribution in [0.2, 0.25) is 5.02 Å². The number of benzene rings is 3. The Bertz CT molecular complexity index is 918. The summed E-state index contributed by atoms with van der Waals surface area (Å²) in [6.07, 6.45) is 1.62. The Morgan fingerprint density at radius 2 is 1.72 bits per heavy atom. The van der Waals surface area contributed by atoms with Crippen molar-refractivity contribution in [3.63, 3.8) is 0 Å². The normalized spacial score (nSPS) is 16.6. The van der Waals surface area contributed by atoms with E-state index in [2.05, 4.69) is 52.7 Å². The van der Waals surface area contributed by atoms with Crippen LogP contribution in [-0.2, 0) is 0 Å². The molecule has 3 aromatic carbocycles. The molecule has 0 amide bonds. The minimum atomic E-state index is -0.506. The largest absolute Gasteiger partial charge is 0.491 e. The van der Waals surface area contributed by atoms with Crippen LogP contribution in [0.15, 0.2) is 66.7 Å². The standard InChI is InChI=1S/C24H27ClN2O2/c25-19-8-10-22(11-9-19)29-17-21(28)16-27-14-12-20(13-15-27)26-24-7-3-5-18-4-1-2-6-23(18)24/h1-11,20-21,26,28H,12-17H2/t21-/m0/s1. The monoisotopic (exact) mass is 410 g/mol. The van der Waals surface area contributed by atoms with E-state index in [1.807, 2.05) is 12.1 Å². The first-order chi connectivity index (χ1) is 14.2. The minimum Gasteiger partial charge on any atom is -0.491 e. The lowest BCUT2D eigenvalue weighted by Crippen LogP contribution is -2.43. The lowest BCUT2D eigenvalue weighted by atomic mass is 10.0. The molecule has 3 aromatic rings. The summed E-state index contributed by atoms with van der Waals surface area (Å²) < 4.78 is 5.66. The first-order valence-corrected chi connectivity index (χ1v) is 10.6. The van der Waals surface area contributed by atoms with Gasteiger partial charge in [0.2, 0.25) is 0 Å². The Labute approximate surface area is 177 Å². The average molecular weight is 411 g/mol. The zero-order chi connectivity index (χ0) is 20.1. The van der Waals surface area contributed by atoms with Crippen LogP contribution in [0.3, 0.4) is 0 Å². The molecule has 4 nitrogen and oxygen atoms in total. The van der Waals surface area contributed by atoms with Crippen LogP contribution >= 0.6 is 11.6 Å². The summed E-state index contributed by atoms with van der Waals surface area (Å²) in [5.74, 6) is 0.728. The zero-order valence-electron chi connectivity index (χ0n) is 16.4. The maximum atomic E-state index is 10.3. The van der Waals surface area contributed by atoms with Crippen LogP contribution in [0.5, 0.6) is 5.75 Å². The van der Waals surface area contributed by atoms with Gasteiger partial charge in [-0.3, -0.25) is 0 Å². The molecule has 1 aliphatic rings. The maximum absolute atomic E-state index is 10.3. The van der Waals surface area contributed by atoms with Gasteiger partial charge in [0, 0.05) is 41.8 Å². The Balaban J connectivity index is 1.23. The first kappa shape index (κ1) is 20.0. The van der Waals surface area contributed by atoms with Gasteiger partial charge < -0.3 is 20.1 Å². The molecule has 0 spiro atoms. The van der Waals surface area contributed by atoms with Crippen molar-refractivity contribution in [2.24, 2.45) is 0 Å². The Morgan fingerprint density at radius 1 is 1.00 bits per heavy atom. The Hall–Kier alpha value is -2.27. The fraction of sp³-hybridized carbons (Fsp3) is 0.333. The van der Waals surface area contributed by atoms with Gasteiger partial charge in [-0.25, -0.2) is 0 Å². The van der Waals surface area contributed by atoms with Gasteiger partial charge in [0.05, 0.1) is 0 Å². The van der Waals surface area contributed by atoms with E-state index < -0.39 is 6.10 Å². The van der Waals surface area contributed by atoms with E-state index in [-0.39, 0.29) is 6.61 Å². The number of piperidine rings is 1. The van der Waals surface area contributed by atoms with Gasteiger partial charge in [0.25, 0.3) is 0 Å². The molecule has 4 rings (SSSR count).